The van der Waals surface area contributed by atoms with Crippen molar-refractivity contribution in [1.82, 2.24) is 5.32 Å². The Morgan fingerprint density at radius 3 is 2.55 bits per heavy atom. The molecule has 1 heterocycles. The average molecular weight is 306 g/mol. The summed E-state index contributed by atoms with van der Waals surface area (Å²) in [5.74, 6) is 0.126. The molecule has 1 fully saturated rings. The predicted octanol–water partition coefficient (Wildman–Crippen LogP) is 4.31. The van der Waals surface area contributed by atoms with E-state index >= 15 is 0 Å². The van der Waals surface area contributed by atoms with Crippen molar-refractivity contribution in [3.05, 3.63) is 57.2 Å². The fourth-order valence-corrected chi connectivity index (χ4v) is 3.34. The Balaban J connectivity index is 1.75. The number of benzene rings is 1. The second kappa shape index (κ2) is 5.23. The molecule has 3 rings (SSSR count). The van der Waals surface area contributed by atoms with Crippen molar-refractivity contribution in [2.75, 3.05) is 0 Å². The van der Waals surface area contributed by atoms with Crippen LogP contribution in [0, 0.1) is 0 Å². The zero-order valence-corrected chi connectivity index (χ0v) is 12.8. The third kappa shape index (κ3) is 2.48. The first-order valence-electron chi connectivity index (χ1n) is 6.72. The van der Waals surface area contributed by atoms with E-state index in [1.54, 1.807) is 11.3 Å². The monoisotopic (exact) mass is 305 g/mol. The van der Waals surface area contributed by atoms with E-state index in [0.29, 0.717) is 5.02 Å². The van der Waals surface area contributed by atoms with Crippen LogP contribution >= 0.6 is 22.9 Å². The van der Waals surface area contributed by atoms with Crippen LogP contribution in [-0.2, 0) is 10.2 Å². The summed E-state index contributed by atoms with van der Waals surface area (Å²) in [7, 11) is 0. The minimum absolute atomic E-state index is 0.0623. The van der Waals surface area contributed by atoms with Crippen molar-refractivity contribution >= 4 is 28.8 Å². The van der Waals surface area contributed by atoms with Crippen molar-refractivity contribution in [1.29, 1.82) is 0 Å². The largest absolute Gasteiger partial charge is 0.348 e. The van der Waals surface area contributed by atoms with E-state index in [9.17, 15) is 4.79 Å². The van der Waals surface area contributed by atoms with Crippen molar-refractivity contribution in [3.8, 4) is 0 Å². The second-order valence-electron chi connectivity index (χ2n) is 5.30. The van der Waals surface area contributed by atoms with Crippen LogP contribution in [0.3, 0.4) is 0 Å². The Kier molecular flexibility index (Phi) is 3.57. The molecule has 2 aromatic rings. The van der Waals surface area contributed by atoms with Crippen LogP contribution in [0.1, 0.15) is 36.2 Å². The smallest absolute Gasteiger partial charge is 0.231 e. The Labute approximate surface area is 127 Å². The predicted molar refractivity (Wildman–Crippen MR) is 83.2 cm³/mol. The normalized spacial score (nSPS) is 17.5. The van der Waals surface area contributed by atoms with E-state index in [2.05, 4.69) is 11.4 Å². The van der Waals surface area contributed by atoms with Crippen LogP contribution in [0.2, 0.25) is 5.02 Å². The minimum Gasteiger partial charge on any atom is -0.348 e. The zero-order valence-electron chi connectivity index (χ0n) is 11.2. The molecule has 0 aliphatic heterocycles. The number of rotatable bonds is 4. The molecule has 0 radical (unpaired) electrons. The summed E-state index contributed by atoms with van der Waals surface area (Å²) in [6.45, 7) is 2.03. The van der Waals surface area contributed by atoms with Gasteiger partial charge in [-0.1, -0.05) is 29.8 Å². The quantitative estimate of drug-likeness (QED) is 0.896. The number of amides is 1. The van der Waals surface area contributed by atoms with Crippen LogP contribution in [0.5, 0.6) is 0 Å². The highest BCUT2D eigenvalue weighted by molar-refractivity contribution is 7.10. The van der Waals surface area contributed by atoms with E-state index in [1.807, 2.05) is 42.6 Å². The van der Waals surface area contributed by atoms with Gasteiger partial charge in [-0.05, 0) is 48.9 Å². The summed E-state index contributed by atoms with van der Waals surface area (Å²) < 4.78 is 0. The van der Waals surface area contributed by atoms with Gasteiger partial charge in [0.1, 0.15) is 0 Å². The summed E-state index contributed by atoms with van der Waals surface area (Å²) >= 11 is 7.58. The first-order valence-corrected chi connectivity index (χ1v) is 7.98. The van der Waals surface area contributed by atoms with Gasteiger partial charge in [0.05, 0.1) is 11.5 Å². The number of carbonyl (C=O) groups is 1. The van der Waals surface area contributed by atoms with Crippen LogP contribution in [0.25, 0.3) is 0 Å². The van der Waals surface area contributed by atoms with Gasteiger partial charge in [-0.15, -0.1) is 11.3 Å². The van der Waals surface area contributed by atoms with Crippen LogP contribution in [-0.4, -0.2) is 5.91 Å². The maximum atomic E-state index is 12.6. The molecule has 1 aromatic heterocycles. The van der Waals surface area contributed by atoms with Crippen molar-refractivity contribution < 1.29 is 4.79 Å². The molecule has 1 aromatic carbocycles. The van der Waals surface area contributed by atoms with E-state index < -0.39 is 0 Å². The molecular weight excluding hydrogens is 290 g/mol. The topological polar surface area (TPSA) is 29.1 Å². The van der Waals surface area contributed by atoms with Crippen molar-refractivity contribution in [3.63, 3.8) is 0 Å². The van der Waals surface area contributed by atoms with E-state index in [4.69, 9.17) is 11.6 Å². The number of halogens is 1. The molecule has 0 bridgehead atoms. The Morgan fingerprint density at radius 2 is 2.00 bits per heavy atom. The number of hydrogen-bond donors (Lipinski definition) is 1. The first kappa shape index (κ1) is 13.7. The molecule has 1 saturated carbocycles. The first-order chi connectivity index (χ1) is 9.62. The van der Waals surface area contributed by atoms with Crippen LogP contribution in [0.4, 0.5) is 0 Å². The molecule has 0 spiro atoms. The van der Waals surface area contributed by atoms with Gasteiger partial charge in [0.15, 0.2) is 0 Å². The molecule has 1 N–H and O–H groups in total. The van der Waals surface area contributed by atoms with Gasteiger partial charge in [0.2, 0.25) is 5.91 Å². The molecule has 20 heavy (non-hydrogen) atoms. The Morgan fingerprint density at radius 1 is 1.30 bits per heavy atom. The minimum atomic E-state index is -0.337. The maximum absolute atomic E-state index is 12.6. The van der Waals surface area contributed by atoms with Gasteiger partial charge in [0.25, 0.3) is 0 Å². The highest BCUT2D eigenvalue weighted by atomic mass is 35.5. The summed E-state index contributed by atoms with van der Waals surface area (Å²) in [6, 6.07) is 11.8. The van der Waals surface area contributed by atoms with Gasteiger partial charge in [-0.3, -0.25) is 4.79 Å². The molecule has 104 valence electrons. The number of nitrogens with one attached hydrogen (secondary N) is 1. The highest BCUT2D eigenvalue weighted by Gasteiger charge is 2.51. The number of thiophene rings is 1. The number of carbonyl (C=O) groups excluding carboxylic acids is 1. The lowest BCUT2D eigenvalue weighted by atomic mass is 9.94. The lowest BCUT2D eigenvalue weighted by Crippen LogP contribution is -2.36. The van der Waals surface area contributed by atoms with Gasteiger partial charge >= 0.3 is 0 Å². The summed E-state index contributed by atoms with van der Waals surface area (Å²) in [5, 5.41) is 5.87. The van der Waals surface area contributed by atoms with Gasteiger partial charge in [-0.25, -0.2) is 0 Å². The van der Waals surface area contributed by atoms with Gasteiger partial charge in [0, 0.05) is 9.90 Å². The fourth-order valence-electron chi connectivity index (χ4n) is 2.48. The molecule has 1 atom stereocenters. The molecule has 0 saturated heterocycles. The lowest BCUT2D eigenvalue weighted by molar-refractivity contribution is -0.124. The maximum Gasteiger partial charge on any atom is 0.231 e. The zero-order chi connectivity index (χ0) is 14.2. The SMILES string of the molecule is CC(NC(=O)C1(c2ccc(Cl)cc2)CC1)c1cccs1. The molecule has 1 unspecified atom stereocenters. The third-order valence-corrected chi connectivity index (χ3v) is 5.21. The molecular formula is C16H16ClNOS. The Hall–Kier alpha value is -1.32. The molecule has 1 aliphatic carbocycles. The molecule has 1 amide bonds. The van der Waals surface area contributed by atoms with Crippen molar-refractivity contribution in [2.45, 2.75) is 31.2 Å². The highest BCUT2D eigenvalue weighted by Crippen LogP contribution is 2.49. The lowest BCUT2D eigenvalue weighted by Gasteiger charge is -2.19. The van der Waals surface area contributed by atoms with Gasteiger partial charge in [-0.2, -0.15) is 0 Å². The summed E-state index contributed by atoms with van der Waals surface area (Å²) in [6.07, 6.45) is 1.83. The second-order valence-corrected chi connectivity index (χ2v) is 6.72. The van der Waals surface area contributed by atoms with E-state index in [1.165, 1.54) is 4.88 Å². The average Bonchev–Trinajstić information content (AvgIpc) is 3.06. The Bertz CT molecular complexity index is 602. The number of hydrogen-bond acceptors (Lipinski definition) is 2. The third-order valence-electron chi connectivity index (χ3n) is 3.90. The van der Waals surface area contributed by atoms with E-state index in [-0.39, 0.29) is 17.4 Å². The van der Waals surface area contributed by atoms with Crippen LogP contribution < -0.4 is 5.32 Å². The van der Waals surface area contributed by atoms with Crippen LogP contribution in [0.15, 0.2) is 41.8 Å². The van der Waals surface area contributed by atoms with Gasteiger partial charge < -0.3 is 5.32 Å². The molecule has 4 heteroatoms. The fraction of sp³-hybridized carbons (Fsp3) is 0.312. The summed E-state index contributed by atoms with van der Waals surface area (Å²) in [5.41, 5.74) is 0.730. The van der Waals surface area contributed by atoms with Crippen molar-refractivity contribution in [2.24, 2.45) is 0 Å². The molecule has 1 aliphatic rings. The summed E-state index contributed by atoms with van der Waals surface area (Å²) in [4.78, 5) is 13.8. The van der Waals surface area contributed by atoms with E-state index in [0.717, 1.165) is 18.4 Å². The standard InChI is InChI=1S/C16H16ClNOS/c1-11(14-3-2-10-20-14)18-15(19)16(8-9-16)12-4-6-13(17)7-5-12/h2-7,10-11H,8-9H2,1H3,(H,18,19). The molecule has 2 nitrogen and oxygen atoms in total.